The third-order valence-electron chi connectivity index (χ3n) is 3.28. The molecule has 1 aromatic carbocycles. The lowest BCUT2D eigenvalue weighted by atomic mass is 10.2. The Labute approximate surface area is 121 Å². The number of amides is 3. The van der Waals surface area contributed by atoms with Crippen LogP contribution in [0.1, 0.15) is 30.7 Å². The Morgan fingerprint density at radius 3 is 2.76 bits per heavy atom. The van der Waals surface area contributed by atoms with Crippen molar-refractivity contribution in [2.45, 2.75) is 25.8 Å². The van der Waals surface area contributed by atoms with E-state index >= 15 is 0 Å². The molecule has 1 atom stereocenters. The molecule has 1 aliphatic rings. The number of benzene rings is 1. The van der Waals surface area contributed by atoms with Gasteiger partial charge in [0.05, 0.1) is 0 Å². The predicted molar refractivity (Wildman–Crippen MR) is 73.3 cm³/mol. The van der Waals surface area contributed by atoms with Crippen LogP contribution in [0.5, 0.6) is 0 Å². The predicted octanol–water partition coefficient (Wildman–Crippen LogP) is 2.27. The molecule has 0 radical (unpaired) electrons. The van der Waals surface area contributed by atoms with E-state index in [1.165, 1.54) is 0 Å². The highest BCUT2D eigenvalue weighted by Gasteiger charge is 2.39. The van der Waals surface area contributed by atoms with Gasteiger partial charge in [-0.25, -0.2) is 4.79 Å². The van der Waals surface area contributed by atoms with Crippen molar-refractivity contribution in [3.8, 4) is 0 Å². The number of anilines is 1. The number of aryl methyl sites for hydroxylation is 1. The van der Waals surface area contributed by atoms with Crippen LogP contribution in [0.15, 0.2) is 34.7 Å². The number of rotatable bonds is 2. The second-order valence-electron chi connectivity index (χ2n) is 4.77. The summed E-state index contributed by atoms with van der Waals surface area (Å²) in [5.74, 6) is 0.457. The molecule has 7 nitrogen and oxygen atoms in total. The Bertz CT molecular complexity index is 668. The maximum Gasteiger partial charge on any atom is 0.329 e. The molecular formula is C14H14N4O3. The van der Waals surface area contributed by atoms with Gasteiger partial charge in [-0.15, -0.1) is 10.2 Å². The van der Waals surface area contributed by atoms with E-state index in [4.69, 9.17) is 4.42 Å². The van der Waals surface area contributed by atoms with Gasteiger partial charge in [0, 0.05) is 19.0 Å². The zero-order chi connectivity index (χ0) is 14.8. The van der Waals surface area contributed by atoms with Gasteiger partial charge in [0.25, 0.3) is 0 Å². The molecule has 3 rings (SSSR count). The van der Waals surface area contributed by atoms with Crippen molar-refractivity contribution in [1.82, 2.24) is 15.1 Å². The molecule has 2 aromatic rings. The van der Waals surface area contributed by atoms with Crippen LogP contribution in [-0.4, -0.2) is 27.0 Å². The Hall–Kier alpha value is -2.70. The van der Waals surface area contributed by atoms with E-state index in [1.807, 2.05) is 6.07 Å². The number of carbonyl (C=O) groups is 2. The van der Waals surface area contributed by atoms with E-state index in [0.717, 1.165) is 4.90 Å². The first-order chi connectivity index (χ1) is 10.1. The van der Waals surface area contributed by atoms with Gasteiger partial charge < -0.3 is 9.73 Å². The van der Waals surface area contributed by atoms with Crippen molar-refractivity contribution in [1.29, 1.82) is 0 Å². The molecule has 0 aliphatic carbocycles. The summed E-state index contributed by atoms with van der Waals surface area (Å²) >= 11 is 0. The summed E-state index contributed by atoms with van der Waals surface area (Å²) in [6.45, 7) is 1.67. The number of para-hydroxylation sites is 1. The van der Waals surface area contributed by atoms with Crippen LogP contribution < -0.4 is 5.32 Å². The molecule has 1 aromatic heterocycles. The van der Waals surface area contributed by atoms with E-state index in [9.17, 15) is 9.59 Å². The van der Waals surface area contributed by atoms with Gasteiger partial charge in [0.1, 0.15) is 6.04 Å². The quantitative estimate of drug-likeness (QED) is 0.914. The Kier molecular flexibility index (Phi) is 3.39. The highest BCUT2D eigenvalue weighted by Crippen LogP contribution is 2.32. The zero-order valence-electron chi connectivity index (χ0n) is 11.4. The fourth-order valence-electron chi connectivity index (χ4n) is 2.32. The first-order valence-electron chi connectivity index (χ1n) is 6.63. The van der Waals surface area contributed by atoms with E-state index in [-0.39, 0.29) is 12.3 Å². The maximum absolute atomic E-state index is 12.3. The molecular weight excluding hydrogens is 272 g/mol. The van der Waals surface area contributed by atoms with Crippen LogP contribution >= 0.6 is 0 Å². The average Bonchev–Trinajstić information content (AvgIpc) is 3.06. The lowest BCUT2D eigenvalue weighted by Crippen LogP contribution is -2.37. The van der Waals surface area contributed by atoms with Crippen molar-refractivity contribution >= 4 is 17.6 Å². The van der Waals surface area contributed by atoms with Crippen LogP contribution in [-0.2, 0) is 4.79 Å². The van der Waals surface area contributed by atoms with Gasteiger partial charge in [-0.3, -0.25) is 9.69 Å². The number of hydrogen-bond donors (Lipinski definition) is 1. The third-order valence-corrected chi connectivity index (χ3v) is 3.28. The van der Waals surface area contributed by atoms with Gasteiger partial charge in [-0.1, -0.05) is 18.2 Å². The minimum absolute atomic E-state index is 0.246. The van der Waals surface area contributed by atoms with Crippen LogP contribution in [0.3, 0.4) is 0 Å². The van der Waals surface area contributed by atoms with Gasteiger partial charge in [0.15, 0.2) is 0 Å². The summed E-state index contributed by atoms with van der Waals surface area (Å²) in [4.78, 5) is 25.4. The lowest BCUT2D eigenvalue weighted by molar-refractivity contribution is -0.126. The molecule has 1 N–H and O–H groups in total. The highest BCUT2D eigenvalue weighted by molar-refractivity contribution is 6.02. The minimum atomic E-state index is -0.498. The number of likely N-dealkylation sites (tertiary alicyclic amines) is 1. The topological polar surface area (TPSA) is 88.3 Å². The van der Waals surface area contributed by atoms with Crippen molar-refractivity contribution in [2.75, 3.05) is 5.32 Å². The molecule has 2 heterocycles. The number of imide groups is 1. The molecule has 0 bridgehead atoms. The molecule has 7 heteroatoms. The van der Waals surface area contributed by atoms with Gasteiger partial charge >= 0.3 is 6.03 Å². The Balaban J connectivity index is 1.81. The second kappa shape index (κ2) is 5.35. The third kappa shape index (κ3) is 2.62. The number of nitrogens with zero attached hydrogens (tertiary/aromatic N) is 3. The summed E-state index contributed by atoms with van der Waals surface area (Å²) in [6, 6.07) is 7.99. The largest absolute Gasteiger partial charge is 0.423 e. The molecule has 0 spiro atoms. The van der Waals surface area contributed by atoms with Crippen LogP contribution in [0.2, 0.25) is 0 Å². The number of nitrogens with one attached hydrogen (secondary N) is 1. The SMILES string of the molecule is Cc1nnc(C2CCC(=O)N2C(=O)Nc2ccccc2)o1. The Morgan fingerprint density at radius 1 is 1.33 bits per heavy atom. The summed E-state index contributed by atoms with van der Waals surface area (Å²) in [5, 5.41) is 10.4. The number of carbonyl (C=O) groups excluding carboxylic acids is 2. The fourth-order valence-corrected chi connectivity index (χ4v) is 2.32. The minimum Gasteiger partial charge on any atom is -0.423 e. The lowest BCUT2D eigenvalue weighted by Gasteiger charge is -2.20. The van der Waals surface area contributed by atoms with E-state index in [0.29, 0.717) is 23.9 Å². The van der Waals surface area contributed by atoms with Gasteiger partial charge in [0.2, 0.25) is 17.7 Å². The first kappa shape index (κ1) is 13.3. The van der Waals surface area contributed by atoms with E-state index < -0.39 is 12.1 Å². The zero-order valence-corrected chi connectivity index (χ0v) is 11.4. The standard InChI is InChI=1S/C14H14N4O3/c1-9-16-17-13(21-9)11-7-8-12(19)18(11)14(20)15-10-5-3-2-4-6-10/h2-6,11H,7-8H2,1H3,(H,15,20). The summed E-state index contributed by atoms with van der Waals surface area (Å²) in [7, 11) is 0. The van der Waals surface area contributed by atoms with Gasteiger partial charge in [-0.05, 0) is 18.6 Å². The molecule has 108 valence electrons. The van der Waals surface area contributed by atoms with Crippen LogP contribution in [0.4, 0.5) is 10.5 Å². The van der Waals surface area contributed by atoms with E-state index in [1.54, 1.807) is 31.2 Å². The highest BCUT2D eigenvalue weighted by atomic mass is 16.4. The van der Waals surface area contributed by atoms with Crippen LogP contribution in [0.25, 0.3) is 0 Å². The molecule has 3 amide bonds. The van der Waals surface area contributed by atoms with E-state index in [2.05, 4.69) is 15.5 Å². The smallest absolute Gasteiger partial charge is 0.329 e. The van der Waals surface area contributed by atoms with Gasteiger partial charge in [-0.2, -0.15) is 0 Å². The monoisotopic (exact) mass is 286 g/mol. The fraction of sp³-hybridized carbons (Fsp3) is 0.286. The molecule has 1 fully saturated rings. The molecule has 1 aliphatic heterocycles. The molecule has 21 heavy (non-hydrogen) atoms. The maximum atomic E-state index is 12.3. The molecule has 1 saturated heterocycles. The van der Waals surface area contributed by atoms with Crippen molar-refractivity contribution in [3.63, 3.8) is 0 Å². The first-order valence-corrected chi connectivity index (χ1v) is 6.63. The van der Waals surface area contributed by atoms with Crippen LogP contribution in [0, 0.1) is 6.92 Å². The molecule has 0 saturated carbocycles. The summed E-state index contributed by atoms with van der Waals surface area (Å²) in [5.41, 5.74) is 0.627. The second-order valence-corrected chi connectivity index (χ2v) is 4.77. The summed E-state index contributed by atoms with van der Waals surface area (Å²) < 4.78 is 5.35. The van der Waals surface area contributed by atoms with Crippen molar-refractivity contribution in [3.05, 3.63) is 42.1 Å². The van der Waals surface area contributed by atoms with Crippen molar-refractivity contribution < 1.29 is 14.0 Å². The van der Waals surface area contributed by atoms with Crippen molar-refractivity contribution in [2.24, 2.45) is 0 Å². The number of urea groups is 1. The average molecular weight is 286 g/mol. The molecule has 1 unspecified atom stereocenters. The summed E-state index contributed by atoms with van der Waals surface area (Å²) in [6.07, 6.45) is 0.775. The number of aromatic nitrogens is 2. The Morgan fingerprint density at radius 2 is 2.10 bits per heavy atom. The normalized spacial score (nSPS) is 18.0. The number of hydrogen-bond acceptors (Lipinski definition) is 5.